The molecule has 4 rings (SSSR count). The monoisotopic (exact) mass is 338 g/mol. The third kappa shape index (κ3) is 2.27. The molecule has 4 heterocycles. The number of halogens is 3. The highest BCUT2D eigenvalue weighted by atomic mass is 19.4. The number of nitrogens with zero attached hydrogens (tertiary/aromatic N) is 8. The van der Waals surface area contributed by atoms with E-state index in [9.17, 15) is 13.2 Å². The number of fused-ring (bicyclic) bond motifs is 2. The molecule has 0 spiro atoms. The summed E-state index contributed by atoms with van der Waals surface area (Å²) in [5.41, 5.74) is 0.571. The molecular weight excluding hydrogens is 325 g/mol. The number of aromatic nitrogens is 7. The first-order valence-electron chi connectivity index (χ1n) is 7.28. The van der Waals surface area contributed by atoms with Crippen molar-refractivity contribution in [1.82, 2.24) is 34.3 Å². The predicted molar refractivity (Wildman–Crippen MR) is 76.3 cm³/mol. The van der Waals surface area contributed by atoms with E-state index in [1.54, 1.807) is 13.0 Å². The number of aryl methyl sites for hydroxylation is 2. The predicted octanol–water partition coefficient (Wildman–Crippen LogP) is 1.37. The molecule has 3 aromatic heterocycles. The van der Waals surface area contributed by atoms with Gasteiger partial charge in [0.1, 0.15) is 11.6 Å². The number of hydrogen-bond donors (Lipinski definition) is 0. The Hall–Kier alpha value is -2.72. The van der Waals surface area contributed by atoms with Crippen LogP contribution in [0.3, 0.4) is 0 Å². The molecule has 1 aliphatic heterocycles. The molecule has 0 saturated heterocycles. The summed E-state index contributed by atoms with van der Waals surface area (Å²) in [6.07, 6.45) is -4.61. The Labute approximate surface area is 134 Å². The maximum atomic E-state index is 12.9. The topological polar surface area (TPSA) is 77.0 Å². The first kappa shape index (κ1) is 14.8. The van der Waals surface area contributed by atoms with Gasteiger partial charge in [0.15, 0.2) is 5.82 Å². The van der Waals surface area contributed by atoms with Crippen LogP contribution in [-0.4, -0.2) is 40.9 Å². The lowest BCUT2D eigenvalue weighted by Gasteiger charge is -2.29. The van der Waals surface area contributed by atoms with Gasteiger partial charge in [-0.1, -0.05) is 0 Å². The van der Waals surface area contributed by atoms with Crippen molar-refractivity contribution in [1.29, 1.82) is 0 Å². The molecule has 126 valence electrons. The van der Waals surface area contributed by atoms with Gasteiger partial charge in [0.2, 0.25) is 0 Å². The van der Waals surface area contributed by atoms with E-state index in [2.05, 4.69) is 25.3 Å². The van der Waals surface area contributed by atoms with Crippen molar-refractivity contribution in [3.05, 3.63) is 29.2 Å². The second kappa shape index (κ2) is 4.89. The fraction of sp³-hybridized carbons (Fsp3) is 0.462. The molecule has 0 N–H and O–H groups in total. The number of anilines is 1. The van der Waals surface area contributed by atoms with Gasteiger partial charge in [0, 0.05) is 24.8 Å². The molecule has 0 fully saturated rings. The van der Waals surface area contributed by atoms with E-state index in [0.29, 0.717) is 31.1 Å². The molecule has 11 heteroatoms. The van der Waals surface area contributed by atoms with Crippen LogP contribution in [0, 0.1) is 13.8 Å². The lowest BCUT2D eigenvalue weighted by Crippen LogP contribution is -2.35. The largest absolute Gasteiger partial charge is 0.453 e. The van der Waals surface area contributed by atoms with E-state index in [-0.39, 0.29) is 5.78 Å². The highest BCUT2D eigenvalue weighted by molar-refractivity contribution is 5.48. The molecule has 0 atom stereocenters. The van der Waals surface area contributed by atoms with Crippen molar-refractivity contribution >= 4 is 11.6 Å². The van der Waals surface area contributed by atoms with Crippen molar-refractivity contribution in [3.8, 4) is 0 Å². The van der Waals surface area contributed by atoms with Crippen LogP contribution in [0.2, 0.25) is 0 Å². The zero-order valence-corrected chi connectivity index (χ0v) is 12.9. The van der Waals surface area contributed by atoms with Crippen molar-refractivity contribution in [2.75, 3.05) is 11.4 Å². The van der Waals surface area contributed by atoms with E-state index in [1.807, 2.05) is 16.4 Å². The van der Waals surface area contributed by atoms with Crippen molar-refractivity contribution < 1.29 is 13.2 Å². The van der Waals surface area contributed by atoms with E-state index < -0.39 is 12.0 Å². The zero-order valence-electron chi connectivity index (χ0n) is 12.9. The summed E-state index contributed by atoms with van der Waals surface area (Å²) < 4.78 is 41.8. The second-order valence-corrected chi connectivity index (χ2v) is 5.64. The molecule has 0 amide bonds. The summed E-state index contributed by atoms with van der Waals surface area (Å²) in [5.74, 6) is 0.823. The Morgan fingerprint density at radius 1 is 1.08 bits per heavy atom. The lowest BCUT2D eigenvalue weighted by molar-refractivity contribution is -0.144. The Balaban J connectivity index is 1.80. The number of hydrogen-bond acceptors (Lipinski definition) is 6. The quantitative estimate of drug-likeness (QED) is 0.667. The van der Waals surface area contributed by atoms with Crippen LogP contribution in [-0.2, 0) is 19.3 Å². The summed E-state index contributed by atoms with van der Waals surface area (Å²) in [4.78, 5) is 9.45. The maximum Gasteiger partial charge on any atom is 0.453 e. The van der Waals surface area contributed by atoms with Gasteiger partial charge in [0.25, 0.3) is 11.6 Å². The van der Waals surface area contributed by atoms with Crippen LogP contribution in [0.4, 0.5) is 19.0 Å². The minimum atomic E-state index is -4.61. The summed E-state index contributed by atoms with van der Waals surface area (Å²) in [7, 11) is 0. The third-order valence-electron chi connectivity index (χ3n) is 3.94. The van der Waals surface area contributed by atoms with Crippen molar-refractivity contribution in [3.63, 3.8) is 0 Å². The molecule has 0 unspecified atom stereocenters. The minimum Gasteiger partial charge on any atom is -0.347 e. The normalized spacial score (nSPS) is 15.1. The molecule has 24 heavy (non-hydrogen) atoms. The van der Waals surface area contributed by atoms with Gasteiger partial charge in [-0.15, -0.1) is 15.3 Å². The SMILES string of the molecule is Cc1cc(N2CCn3c(C)nnc3C2)n2nc(C(F)(F)F)nc2n1. The molecule has 0 radical (unpaired) electrons. The minimum absolute atomic E-state index is 0.0689. The van der Waals surface area contributed by atoms with Crippen molar-refractivity contribution in [2.45, 2.75) is 33.1 Å². The second-order valence-electron chi connectivity index (χ2n) is 5.64. The summed E-state index contributed by atoms with van der Waals surface area (Å²) in [5, 5.41) is 11.7. The fourth-order valence-corrected chi connectivity index (χ4v) is 2.81. The molecule has 0 aromatic carbocycles. The highest BCUT2D eigenvalue weighted by Gasteiger charge is 2.37. The summed E-state index contributed by atoms with van der Waals surface area (Å²) in [6.45, 7) is 5.26. The number of rotatable bonds is 1. The van der Waals surface area contributed by atoms with Crippen LogP contribution in [0.15, 0.2) is 6.07 Å². The fourth-order valence-electron chi connectivity index (χ4n) is 2.81. The molecular formula is C13H13F3N8. The van der Waals surface area contributed by atoms with Crippen LogP contribution in [0.1, 0.15) is 23.2 Å². The Kier molecular flexibility index (Phi) is 3.02. The maximum absolute atomic E-state index is 12.9. The molecule has 0 saturated carbocycles. The molecule has 1 aliphatic rings. The van der Waals surface area contributed by atoms with Gasteiger partial charge in [-0.05, 0) is 13.8 Å². The van der Waals surface area contributed by atoms with Crippen LogP contribution < -0.4 is 4.90 Å². The van der Waals surface area contributed by atoms with E-state index in [1.165, 1.54) is 0 Å². The Bertz CT molecular complexity index is 925. The molecule has 8 nitrogen and oxygen atoms in total. The van der Waals surface area contributed by atoms with Crippen LogP contribution in [0.25, 0.3) is 5.78 Å². The van der Waals surface area contributed by atoms with Crippen molar-refractivity contribution in [2.24, 2.45) is 0 Å². The highest BCUT2D eigenvalue weighted by Crippen LogP contribution is 2.28. The van der Waals surface area contributed by atoms with E-state index in [0.717, 1.165) is 16.2 Å². The summed E-state index contributed by atoms with van der Waals surface area (Å²) in [6, 6.07) is 1.70. The van der Waals surface area contributed by atoms with Crippen LogP contribution >= 0.6 is 0 Å². The standard InChI is InChI=1S/C13H13F3N8/c1-7-5-10(22-3-4-23-8(2)19-20-9(23)6-22)24-12(17-7)18-11(21-24)13(14,15)16/h5H,3-4,6H2,1-2H3. The first-order valence-corrected chi connectivity index (χ1v) is 7.28. The lowest BCUT2D eigenvalue weighted by atomic mass is 10.3. The smallest absolute Gasteiger partial charge is 0.347 e. The van der Waals surface area contributed by atoms with Gasteiger partial charge in [-0.3, -0.25) is 0 Å². The van der Waals surface area contributed by atoms with E-state index in [4.69, 9.17) is 0 Å². The molecule has 0 bridgehead atoms. The van der Waals surface area contributed by atoms with Crippen LogP contribution in [0.5, 0.6) is 0 Å². The average molecular weight is 338 g/mol. The van der Waals surface area contributed by atoms with Gasteiger partial charge in [-0.2, -0.15) is 22.7 Å². The Morgan fingerprint density at radius 2 is 1.88 bits per heavy atom. The van der Waals surface area contributed by atoms with Gasteiger partial charge >= 0.3 is 6.18 Å². The summed E-state index contributed by atoms with van der Waals surface area (Å²) >= 11 is 0. The third-order valence-corrected chi connectivity index (χ3v) is 3.94. The molecule has 3 aromatic rings. The molecule has 0 aliphatic carbocycles. The zero-order chi connectivity index (χ0) is 17.1. The van der Waals surface area contributed by atoms with Gasteiger partial charge in [-0.25, -0.2) is 4.98 Å². The first-order chi connectivity index (χ1) is 11.3. The van der Waals surface area contributed by atoms with Gasteiger partial charge < -0.3 is 9.47 Å². The Morgan fingerprint density at radius 3 is 2.62 bits per heavy atom. The van der Waals surface area contributed by atoms with E-state index >= 15 is 0 Å². The average Bonchev–Trinajstić information content (AvgIpc) is 3.10. The van der Waals surface area contributed by atoms with Gasteiger partial charge in [0.05, 0.1) is 6.54 Å². The number of alkyl halides is 3.